The molecule has 0 saturated carbocycles. The number of aryl methyl sites for hydroxylation is 1. The molecule has 1 aromatic heterocycles. The Hall–Kier alpha value is -1.52. The van der Waals surface area contributed by atoms with E-state index < -0.39 is 22.2 Å². The van der Waals surface area contributed by atoms with Crippen molar-refractivity contribution in [2.45, 2.75) is 31.8 Å². The molecule has 0 bridgehead atoms. The van der Waals surface area contributed by atoms with Crippen LogP contribution in [0.4, 0.5) is 0 Å². The minimum Gasteiger partial charge on any atom is -0.480 e. The molecule has 112 valence electrons. The quantitative estimate of drug-likeness (QED) is 0.727. The van der Waals surface area contributed by atoms with Crippen molar-refractivity contribution in [2.24, 2.45) is 7.05 Å². The van der Waals surface area contributed by atoms with Crippen LogP contribution in [0.25, 0.3) is 0 Å². The Morgan fingerprint density at radius 1 is 1.55 bits per heavy atom. The van der Waals surface area contributed by atoms with Crippen LogP contribution in [-0.2, 0) is 28.6 Å². The van der Waals surface area contributed by atoms with Gasteiger partial charge in [0.25, 0.3) is 10.2 Å². The van der Waals surface area contributed by atoms with Crippen LogP contribution in [0.2, 0.25) is 0 Å². The van der Waals surface area contributed by atoms with Gasteiger partial charge < -0.3 is 9.67 Å². The Balaban J connectivity index is 2.08. The van der Waals surface area contributed by atoms with Gasteiger partial charge in [0.15, 0.2) is 0 Å². The second-order valence-electron chi connectivity index (χ2n) is 4.64. The van der Waals surface area contributed by atoms with Crippen LogP contribution in [-0.4, -0.2) is 51.1 Å². The number of carbonyl (C=O) groups is 1. The molecule has 2 heterocycles. The molecule has 10 heteroatoms. The molecule has 0 spiro atoms. The monoisotopic (exact) mass is 303 g/mol. The van der Waals surface area contributed by atoms with Gasteiger partial charge in [0, 0.05) is 13.6 Å². The molecular formula is C10H17N5O4S. The van der Waals surface area contributed by atoms with Gasteiger partial charge in [-0.3, -0.25) is 4.79 Å². The van der Waals surface area contributed by atoms with E-state index in [9.17, 15) is 13.2 Å². The van der Waals surface area contributed by atoms with E-state index in [-0.39, 0.29) is 13.1 Å². The summed E-state index contributed by atoms with van der Waals surface area (Å²) < 4.78 is 29.4. The van der Waals surface area contributed by atoms with Crippen molar-refractivity contribution in [1.29, 1.82) is 0 Å². The summed E-state index contributed by atoms with van der Waals surface area (Å²) in [6, 6.07) is -0.999. The first-order valence-corrected chi connectivity index (χ1v) is 7.68. The van der Waals surface area contributed by atoms with Crippen molar-refractivity contribution in [3.8, 4) is 0 Å². The number of carboxylic acids is 1. The van der Waals surface area contributed by atoms with Gasteiger partial charge in [0.05, 0.1) is 6.54 Å². The molecule has 1 atom stereocenters. The van der Waals surface area contributed by atoms with Crippen molar-refractivity contribution in [3.05, 3.63) is 12.2 Å². The van der Waals surface area contributed by atoms with Crippen molar-refractivity contribution < 1.29 is 18.3 Å². The molecule has 1 aliphatic heterocycles. The van der Waals surface area contributed by atoms with E-state index >= 15 is 0 Å². The lowest BCUT2D eigenvalue weighted by molar-refractivity contribution is -0.142. The molecule has 1 fully saturated rings. The third-order valence-corrected chi connectivity index (χ3v) is 4.83. The third-order valence-electron chi connectivity index (χ3n) is 3.27. The summed E-state index contributed by atoms with van der Waals surface area (Å²) >= 11 is 0. The molecule has 0 radical (unpaired) electrons. The van der Waals surface area contributed by atoms with Crippen LogP contribution in [0.1, 0.15) is 25.1 Å². The Labute approximate surface area is 116 Å². The standard InChI is InChI=1S/C10H17N5O4S/c1-14-7-11-13-9(14)6-12-20(18,19)15-5-3-2-4-8(15)10(16)17/h7-8,12H,2-6H2,1H3,(H,16,17). The number of nitrogens with zero attached hydrogens (tertiary/aromatic N) is 4. The molecule has 1 unspecified atom stereocenters. The topological polar surface area (TPSA) is 117 Å². The Morgan fingerprint density at radius 2 is 2.30 bits per heavy atom. The van der Waals surface area contributed by atoms with Gasteiger partial charge in [-0.15, -0.1) is 10.2 Å². The van der Waals surface area contributed by atoms with Gasteiger partial charge in [0.2, 0.25) is 0 Å². The summed E-state index contributed by atoms with van der Waals surface area (Å²) in [4.78, 5) is 11.1. The van der Waals surface area contributed by atoms with Crippen LogP contribution in [0.3, 0.4) is 0 Å². The molecular weight excluding hydrogens is 286 g/mol. The van der Waals surface area contributed by atoms with Crippen LogP contribution in [0, 0.1) is 0 Å². The van der Waals surface area contributed by atoms with E-state index in [1.165, 1.54) is 6.33 Å². The maximum atomic E-state index is 12.2. The molecule has 1 aliphatic rings. The van der Waals surface area contributed by atoms with Gasteiger partial charge in [-0.1, -0.05) is 0 Å². The van der Waals surface area contributed by atoms with Crippen molar-refractivity contribution in [2.75, 3.05) is 6.54 Å². The molecule has 2 N–H and O–H groups in total. The summed E-state index contributed by atoms with van der Waals surface area (Å²) in [7, 11) is -2.15. The average Bonchev–Trinajstić information content (AvgIpc) is 2.82. The van der Waals surface area contributed by atoms with Crippen LogP contribution in [0.5, 0.6) is 0 Å². The second-order valence-corrected chi connectivity index (χ2v) is 6.35. The van der Waals surface area contributed by atoms with E-state index in [2.05, 4.69) is 14.9 Å². The van der Waals surface area contributed by atoms with Gasteiger partial charge in [-0.25, -0.2) is 0 Å². The molecule has 9 nitrogen and oxygen atoms in total. The number of hydrogen-bond acceptors (Lipinski definition) is 5. The fraction of sp³-hybridized carbons (Fsp3) is 0.700. The Morgan fingerprint density at radius 3 is 2.90 bits per heavy atom. The summed E-state index contributed by atoms with van der Waals surface area (Å²) in [6.45, 7) is 0.187. The van der Waals surface area contributed by atoms with Crippen molar-refractivity contribution >= 4 is 16.2 Å². The van der Waals surface area contributed by atoms with Gasteiger partial charge in [0.1, 0.15) is 18.2 Å². The van der Waals surface area contributed by atoms with Crippen LogP contribution in [0.15, 0.2) is 6.33 Å². The minimum atomic E-state index is -3.85. The molecule has 0 aliphatic carbocycles. The number of rotatable bonds is 5. The van der Waals surface area contributed by atoms with Gasteiger partial charge in [-0.05, 0) is 19.3 Å². The predicted octanol–water partition coefficient (Wildman–Crippen LogP) is -0.911. The summed E-state index contributed by atoms with van der Waals surface area (Å²) in [6.07, 6.45) is 3.17. The lowest BCUT2D eigenvalue weighted by Gasteiger charge is -2.31. The van der Waals surface area contributed by atoms with Gasteiger partial charge in [-0.2, -0.15) is 17.4 Å². The van der Waals surface area contributed by atoms with Crippen molar-refractivity contribution in [3.63, 3.8) is 0 Å². The first-order chi connectivity index (χ1) is 9.42. The Kier molecular flexibility index (Phi) is 4.35. The highest BCUT2D eigenvalue weighted by atomic mass is 32.2. The van der Waals surface area contributed by atoms with Crippen LogP contribution >= 0.6 is 0 Å². The normalized spacial score (nSPS) is 20.9. The molecule has 2 rings (SSSR count). The molecule has 20 heavy (non-hydrogen) atoms. The highest BCUT2D eigenvalue weighted by Gasteiger charge is 2.36. The Bertz CT molecular complexity index is 584. The highest BCUT2D eigenvalue weighted by molar-refractivity contribution is 7.87. The number of aromatic nitrogens is 3. The lowest BCUT2D eigenvalue weighted by atomic mass is 10.1. The fourth-order valence-corrected chi connectivity index (χ4v) is 3.52. The number of aliphatic carboxylic acids is 1. The number of piperidine rings is 1. The smallest absolute Gasteiger partial charge is 0.322 e. The predicted molar refractivity (Wildman–Crippen MR) is 68.7 cm³/mol. The van der Waals surface area contributed by atoms with E-state index in [1.54, 1.807) is 11.6 Å². The van der Waals surface area contributed by atoms with Gasteiger partial charge >= 0.3 is 5.97 Å². The second kappa shape index (κ2) is 5.85. The van der Waals surface area contributed by atoms with E-state index in [1.807, 2.05) is 0 Å². The highest BCUT2D eigenvalue weighted by Crippen LogP contribution is 2.20. The minimum absolute atomic E-state index is 0.0261. The number of carboxylic acid groups (broad SMARTS) is 1. The first-order valence-electron chi connectivity index (χ1n) is 6.24. The zero-order valence-corrected chi connectivity index (χ0v) is 11.9. The molecule has 1 saturated heterocycles. The zero-order valence-electron chi connectivity index (χ0n) is 11.1. The summed E-state index contributed by atoms with van der Waals surface area (Å²) in [5.41, 5.74) is 0. The summed E-state index contributed by atoms with van der Waals surface area (Å²) in [5.74, 6) is -0.661. The largest absolute Gasteiger partial charge is 0.480 e. The first kappa shape index (κ1) is 14.9. The van der Waals surface area contributed by atoms with E-state index in [0.29, 0.717) is 25.1 Å². The average molecular weight is 303 g/mol. The fourth-order valence-electron chi connectivity index (χ4n) is 2.15. The van der Waals surface area contributed by atoms with E-state index in [0.717, 1.165) is 4.31 Å². The number of hydrogen-bond donors (Lipinski definition) is 2. The molecule has 0 amide bonds. The lowest BCUT2D eigenvalue weighted by Crippen LogP contribution is -2.52. The summed E-state index contributed by atoms with van der Waals surface area (Å²) in [5, 5.41) is 16.5. The molecule has 0 aromatic carbocycles. The maximum Gasteiger partial charge on any atom is 0.322 e. The van der Waals surface area contributed by atoms with E-state index in [4.69, 9.17) is 5.11 Å². The zero-order chi connectivity index (χ0) is 14.8. The maximum absolute atomic E-state index is 12.2. The van der Waals surface area contributed by atoms with Crippen LogP contribution < -0.4 is 4.72 Å². The SMILES string of the molecule is Cn1cnnc1CNS(=O)(=O)N1CCCCC1C(=O)O. The number of nitrogens with one attached hydrogen (secondary N) is 1. The third kappa shape index (κ3) is 3.14. The van der Waals surface area contributed by atoms with Crippen molar-refractivity contribution in [1.82, 2.24) is 23.8 Å². The molecule has 1 aromatic rings.